The molecule has 0 atom stereocenters. The van der Waals surface area contributed by atoms with Crippen LogP contribution in [0.5, 0.6) is 0 Å². The number of anilines is 3. The summed E-state index contributed by atoms with van der Waals surface area (Å²) >= 11 is 0. The molecular weight excluding hydrogens is 470 g/mol. The molecule has 0 radical (unpaired) electrons. The van der Waals surface area contributed by atoms with Crippen molar-refractivity contribution in [3.8, 4) is 11.5 Å². The summed E-state index contributed by atoms with van der Waals surface area (Å²) in [7, 11) is 0. The standard InChI is InChI=1S/C20H19N8O2.Rb/c21-18(29)13-9-16(30-12-13)15-11-25-19(20-23-5-8-28(15)20)26-14-1-2-17(24-10-14)27-6-3-22-4-7-27;/h1-2,5,8-12H,3-4,6-7H2,(H2,21,29)(H,25,26);/q-1;+1. The second kappa shape index (κ2) is 9.57. The van der Waals surface area contributed by atoms with Crippen LogP contribution in [0.1, 0.15) is 10.4 Å². The Morgan fingerprint density at radius 3 is 2.71 bits per heavy atom. The molecule has 0 bridgehead atoms. The molecule has 5 heterocycles. The van der Waals surface area contributed by atoms with Crippen molar-refractivity contribution in [1.82, 2.24) is 19.4 Å². The third-order valence-corrected chi connectivity index (χ3v) is 4.96. The number of rotatable bonds is 5. The molecule has 3 N–H and O–H groups in total. The van der Waals surface area contributed by atoms with E-state index in [9.17, 15) is 4.79 Å². The smallest absolute Gasteiger partial charge is 0.659 e. The maximum absolute atomic E-state index is 11.3. The van der Waals surface area contributed by atoms with E-state index in [-0.39, 0.29) is 58.2 Å². The van der Waals surface area contributed by atoms with Crippen molar-refractivity contribution in [1.29, 1.82) is 0 Å². The molecule has 10 nitrogen and oxygen atoms in total. The number of amides is 1. The van der Waals surface area contributed by atoms with E-state index >= 15 is 0 Å². The Morgan fingerprint density at radius 2 is 2.00 bits per heavy atom. The molecule has 1 amide bonds. The number of primary amides is 1. The zero-order chi connectivity index (χ0) is 20.5. The minimum Gasteiger partial charge on any atom is -0.659 e. The summed E-state index contributed by atoms with van der Waals surface area (Å²) in [6, 6.07) is 5.54. The van der Waals surface area contributed by atoms with Crippen LogP contribution in [0.25, 0.3) is 22.4 Å². The number of hydrogen-bond donors (Lipinski definition) is 2. The average molecular weight is 489 g/mol. The zero-order valence-electron chi connectivity index (χ0n) is 17.0. The maximum atomic E-state index is 11.3. The third-order valence-electron chi connectivity index (χ3n) is 4.96. The molecule has 1 fully saturated rings. The molecule has 0 spiro atoms. The van der Waals surface area contributed by atoms with Gasteiger partial charge in [-0.05, 0) is 18.2 Å². The number of furan rings is 1. The molecule has 1 aliphatic rings. The second-order valence-corrected chi connectivity index (χ2v) is 6.86. The topological polar surface area (TPSA) is 129 Å². The van der Waals surface area contributed by atoms with Crippen molar-refractivity contribution in [3.05, 3.63) is 60.1 Å². The number of nitrogens with zero attached hydrogens (tertiary/aromatic N) is 6. The SMILES string of the molecule is NC(=O)c1coc(-c2cnc(Nc3ccc(N4CC[N-]CC4)nc3)c3nccn23)c1.[Rb+]. The number of aromatic nitrogens is 4. The van der Waals surface area contributed by atoms with Gasteiger partial charge in [0.15, 0.2) is 17.2 Å². The van der Waals surface area contributed by atoms with Crippen LogP contribution in [0.3, 0.4) is 0 Å². The van der Waals surface area contributed by atoms with Crippen molar-refractivity contribution in [2.24, 2.45) is 5.73 Å². The predicted octanol–water partition coefficient (Wildman–Crippen LogP) is -0.575. The van der Waals surface area contributed by atoms with Crippen molar-refractivity contribution in [2.75, 3.05) is 36.4 Å². The number of nitrogens with two attached hydrogens (primary N) is 1. The van der Waals surface area contributed by atoms with Gasteiger partial charge in [0.25, 0.3) is 5.91 Å². The Labute approximate surface area is 227 Å². The Kier molecular flexibility index (Phi) is 6.82. The summed E-state index contributed by atoms with van der Waals surface area (Å²) in [5.41, 5.74) is 7.69. The minimum absolute atomic E-state index is 0. The van der Waals surface area contributed by atoms with Gasteiger partial charge in [0.05, 0.1) is 23.6 Å². The van der Waals surface area contributed by atoms with E-state index in [0.29, 0.717) is 28.5 Å². The molecule has 0 saturated carbocycles. The Morgan fingerprint density at radius 1 is 1.16 bits per heavy atom. The van der Waals surface area contributed by atoms with Crippen molar-refractivity contribution in [3.63, 3.8) is 0 Å². The second-order valence-electron chi connectivity index (χ2n) is 6.86. The number of fused-ring (bicyclic) bond motifs is 1. The molecule has 0 aromatic carbocycles. The van der Waals surface area contributed by atoms with Gasteiger partial charge in [-0.3, -0.25) is 9.20 Å². The van der Waals surface area contributed by atoms with Crippen LogP contribution in [0.15, 0.2) is 53.7 Å². The summed E-state index contributed by atoms with van der Waals surface area (Å²) in [5, 5.41) is 7.63. The van der Waals surface area contributed by atoms with Crippen molar-refractivity contribution >= 4 is 28.9 Å². The first kappa shape index (κ1) is 22.1. The molecule has 4 aromatic rings. The summed E-state index contributed by atoms with van der Waals surface area (Å²) in [6.45, 7) is 3.46. The Hall–Kier alpha value is -2.11. The number of carbonyl (C=O) groups is 1. The number of carbonyl (C=O) groups excluding carboxylic acids is 1. The molecule has 1 saturated heterocycles. The van der Waals surface area contributed by atoms with Crippen molar-refractivity contribution in [2.45, 2.75) is 0 Å². The average Bonchev–Trinajstić information content (AvgIpc) is 3.46. The van der Waals surface area contributed by atoms with Crippen LogP contribution >= 0.6 is 0 Å². The van der Waals surface area contributed by atoms with Gasteiger partial charge in [0.2, 0.25) is 0 Å². The van der Waals surface area contributed by atoms with Crippen LogP contribution in [-0.4, -0.2) is 51.4 Å². The van der Waals surface area contributed by atoms with Crippen LogP contribution in [0.2, 0.25) is 0 Å². The molecule has 11 heteroatoms. The molecule has 4 aromatic heterocycles. The summed E-state index contributed by atoms with van der Waals surface area (Å²) in [5.74, 6) is 1.45. The van der Waals surface area contributed by atoms with Crippen LogP contribution < -0.4 is 74.1 Å². The van der Waals surface area contributed by atoms with Gasteiger partial charge < -0.3 is 25.7 Å². The minimum atomic E-state index is -0.548. The Balaban J connectivity index is 0.00000231. The van der Waals surface area contributed by atoms with E-state index < -0.39 is 5.91 Å². The van der Waals surface area contributed by atoms with Gasteiger partial charge in [0, 0.05) is 25.5 Å². The molecule has 0 unspecified atom stereocenters. The predicted molar refractivity (Wildman–Crippen MR) is 112 cm³/mol. The van der Waals surface area contributed by atoms with E-state index in [4.69, 9.17) is 10.2 Å². The number of pyridine rings is 1. The molecule has 152 valence electrons. The molecule has 1 aliphatic heterocycles. The van der Waals surface area contributed by atoms with Crippen LogP contribution in [0.4, 0.5) is 17.3 Å². The van der Waals surface area contributed by atoms with Gasteiger partial charge >= 0.3 is 58.2 Å². The summed E-state index contributed by atoms with van der Waals surface area (Å²) in [6.07, 6.45) is 8.23. The Bertz CT molecular complexity index is 1200. The molecule has 31 heavy (non-hydrogen) atoms. The maximum Gasteiger partial charge on any atom is 1.00 e. The van der Waals surface area contributed by atoms with Gasteiger partial charge in [-0.25, -0.2) is 15.0 Å². The van der Waals surface area contributed by atoms with Gasteiger partial charge in [-0.15, -0.1) is 13.1 Å². The van der Waals surface area contributed by atoms with Crippen molar-refractivity contribution < 1.29 is 67.4 Å². The first-order valence-corrected chi connectivity index (χ1v) is 9.51. The number of nitrogens with one attached hydrogen (secondary N) is 1. The number of imidazole rings is 1. The van der Waals surface area contributed by atoms with Gasteiger partial charge in [-0.2, -0.15) is 0 Å². The largest absolute Gasteiger partial charge is 1.00 e. The van der Waals surface area contributed by atoms with Crippen LogP contribution in [0, 0.1) is 0 Å². The fourth-order valence-corrected chi connectivity index (χ4v) is 3.41. The third kappa shape index (κ3) is 4.58. The van der Waals surface area contributed by atoms with E-state index in [1.807, 2.05) is 16.5 Å². The van der Waals surface area contributed by atoms with E-state index in [0.717, 1.165) is 37.7 Å². The number of piperazine rings is 1. The fraction of sp³-hybridized carbons (Fsp3) is 0.200. The number of hydrogen-bond acceptors (Lipinski definition) is 7. The molecule has 5 rings (SSSR count). The van der Waals surface area contributed by atoms with Gasteiger partial charge in [0.1, 0.15) is 17.8 Å². The first-order valence-electron chi connectivity index (χ1n) is 9.51. The normalized spacial score (nSPS) is 13.7. The zero-order valence-corrected chi connectivity index (χ0v) is 21.9. The molecular formula is C20H19N8O2Rb. The molecule has 0 aliphatic carbocycles. The van der Waals surface area contributed by atoms with E-state index in [1.54, 1.807) is 30.9 Å². The fourth-order valence-electron chi connectivity index (χ4n) is 3.41. The van der Waals surface area contributed by atoms with E-state index in [2.05, 4.69) is 30.5 Å². The van der Waals surface area contributed by atoms with Gasteiger partial charge in [-0.1, -0.05) is 0 Å². The summed E-state index contributed by atoms with van der Waals surface area (Å²) < 4.78 is 7.32. The first-order chi connectivity index (χ1) is 14.7. The quantitative estimate of drug-likeness (QED) is 0.385. The van der Waals surface area contributed by atoms with Crippen LogP contribution in [-0.2, 0) is 0 Å². The summed E-state index contributed by atoms with van der Waals surface area (Å²) in [4.78, 5) is 27.0. The van der Waals surface area contributed by atoms with E-state index in [1.165, 1.54) is 6.26 Å². The monoisotopic (exact) mass is 488 g/mol.